The molecule has 2 aromatic heterocycles. The van der Waals surface area contributed by atoms with Crippen molar-refractivity contribution < 1.29 is 4.79 Å². The Bertz CT molecular complexity index is 580. The number of aromatic nitrogens is 2. The Kier molecular flexibility index (Phi) is 5.87. The van der Waals surface area contributed by atoms with Gasteiger partial charge in [-0.2, -0.15) is 0 Å². The van der Waals surface area contributed by atoms with Gasteiger partial charge in [-0.25, -0.2) is 4.98 Å². The third-order valence-electron chi connectivity index (χ3n) is 3.21. The molecule has 0 spiro atoms. The first-order valence-electron chi connectivity index (χ1n) is 7.35. The van der Waals surface area contributed by atoms with Crippen LogP contribution in [-0.2, 0) is 11.2 Å². The van der Waals surface area contributed by atoms with Gasteiger partial charge in [0.05, 0.1) is 11.4 Å². The SMILES string of the molecule is CCCCC(=O)NCCc1sc(-c2ccccn2)nc1C. The van der Waals surface area contributed by atoms with E-state index in [4.69, 9.17) is 0 Å². The number of nitrogens with one attached hydrogen (secondary N) is 1. The fourth-order valence-electron chi connectivity index (χ4n) is 2.00. The summed E-state index contributed by atoms with van der Waals surface area (Å²) in [6.45, 7) is 4.78. The van der Waals surface area contributed by atoms with Gasteiger partial charge in [-0.05, 0) is 25.5 Å². The highest BCUT2D eigenvalue weighted by Gasteiger charge is 2.10. The molecule has 0 saturated carbocycles. The van der Waals surface area contributed by atoms with E-state index in [2.05, 4.69) is 22.2 Å². The maximum Gasteiger partial charge on any atom is 0.220 e. The van der Waals surface area contributed by atoms with E-state index in [0.29, 0.717) is 13.0 Å². The summed E-state index contributed by atoms with van der Waals surface area (Å²) in [5.74, 6) is 0.143. The van der Waals surface area contributed by atoms with Crippen molar-refractivity contribution in [2.24, 2.45) is 0 Å². The van der Waals surface area contributed by atoms with Crippen LogP contribution in [0.3, 0.4) is 0 Å². The summed E-state index contributed by atoms with van der Waals surface area (Å²) in [7, 11) is 0. The molecule has 0 aliphatic heterocycles. The van der Waals surface area contributed by atoms with E-state index in [1.807, 2.05) is 25.1 Å². The summed E-state index contributed by atoms with van der Waals surface area (Å²) in [5, 5.41) is 3.91. The van der Waals surface area contributed by atoms with Crippen LogP contribution >= 0.6 is 11.3 Å². The molecule has 2 rings (SSSR count). The molecule has 4 nitrogen and oxygen atoms in total. The first kappa shape index (κ1) is 15.6. The lowest BCUT2D eigenvalue weighted by Gasteiger charge is -2.03. The zero-order valence-corrected chi connectivity index (χ0v) is 13.4. The zero-order valence-electron chi connectivity index (χ0n) is 12.6. The van der Waals surface area contributed by atoms with E-state index in [1.165, 1.54) is 4.88 Å². The fourth-order valence-corrected chi connectivity index (χ4v) is 3.04. The molecule has 2 aromatic rings. The smallest absolute Gasteiger partial charge is 0.220 e. The van der Waals surface area contributed by atoms with Gasteiger partial charge in [-0.3, -0.25) is 9.78 Å². The Hall–Kier alpha value is -1.75. The number of thiazole rings is 1. The van der Waals surface area contributed by atoms with Crippen LogP contribution in [0.5, 0.6) is 0 Å². The Morgan fingerprint density at radius 1 is 1.38 bits per heavy atom. The first-order valence-corrected chi connectivity index (χ1v) is 8.16. The van der Waals surface area contributed by atoms with Crippen molar-refractivity contribution in [3.8, 4) is 10.7 Å². The van der Waals surface area contributed by atoms with Crippen molar-refractivity contribution in [3.63, 3.8) is 0 Å². The van der Waals surface area contributed by atoms with Crippen molar-refractivity contribution in [1.82, 2.24) is 15.3 Å². The number of hydrogen-bond acceptors (Lipinski definition) is 4. The molecule has 0 bridgehead atoms. The number of unbranched alkanes of at least 4 members (excludes halogenated alkanes) is 1. The predicted octanol–water partition coefficient (Wildman–Crippen LogP) is 3.36. The van der Waals surface area contributed by atoms with Gasteiger partial charge >= 0.3 is 0 Å². The molecule has 0 aliphatic carbocycles. The summed E-state index contributed by atoms with van der Waals surface area (Å²) < 4.78 is 0. The molecule has 0 aromatic carbocycles. The Morgan fingerprint density at radius 2 is 2.24 bits per heavy atom. The number of carbonyl (C=O) groups is 1. The van der Waals surface area contributed by atoms with Crippen LogP contribution in [0.1, 0.15) is 36.8 Å². The number of aryl methyl sites for hydroxylation is 1. The van der Waals surface area contributed by atoms with Crippen LogP contribution in [0.4, 0.5) is 0 Å². The molecule has 21 heavy (non-hydrogen) atoms. The van der Waals surface area contributed by atoms with Crippen molar-refractivity contribution in [2.75, 3.05) is 6.54 Å². The Balaban J connectivity index is 1.90. The van der Waals surface area contributed by atoms with E-state index < -0.39 is 0 Å². The minimum absolute atomic E-state index is 0.143. The molecule has 0 saturated heterocycles. The maximum atomic E-state index is 11.6. The topological polar surface area (TPSA) is 54.9 Å². The van der Waals surface area contributed by atoms with Crippen molar-refractivity contribution in [2.45, 2.75) is 39.5 Å². The van der Waals surface area contributed by atoms with Crippen LogP contribution in [0, 0.1) is 6.92 Å². The molecule has 0 atom stereocenters. The average molecular weight is 303 g/mol. The minimum atomic E-state index is 0.143. The van der Waals surface area contributed by atoms with Gasteiger partial charge in [-0.15, -0.1) is 11.3 Å². The molecule has 1 N–H and O–H groups in total. The van der Waals surface area contributed by atoms with Crippen molar-refractivity contribution in [1.29, 1.82) is 0 Å². The summed E-state index contributed by atoms with van der Waals surface area (Å²) in [6.07, 6.45) is 5.23. The molecule has 5 heteroatoms. The second kappa shape index (κ2) is 7.88. The number of nitrogens with zero attached hydrogens (tertiary/aromatic N) is 2. The molecule has 0 fully saturated rings. The quantitative estimate of drug-likeness (QED) is 0.853. The second-order valence-electron chi connectivity index (χ2n) is 4.95. The highest BCUT2D eigenvalue weighted by atomic mass is 32.1. The maximum absolute atomic E-state index is 11.6. The normalized spacial score (nSPS) is 10.6. The zero-order chi connectivity index (χ0) is 15.1. The highest BCUT2D eigenvalue weighted by molar-refractivity contribution is 7.15. The Labute approximate surface area is 129 Å². The number of hydrogen-bond donors (Lipinski definition) is 1. The van der Waals surface area contributed by atoms with Gasteiger partial charge < -0.3 is 5.32 Å². The average Bonchev–Trinajstić information content (AvgIpc) is 2.87. The monoisotopic (exact) mass is 303 g/mol. The fraction of sp³-hybridized carbons (Fsp3) is 0.438. The van der Waals surface area contributed by atoms with Gasteiger partial charge in [0.1, 0.15) is 5.01 Å². The number of amides is 1. The van der Waals surface area contributed by atoms with E-state index in [0.717, 1.165) is 35.7 Å². The standard InChI is InChI=1S/C16H21N3OS/c1-3-4-8-15(20)18-11-9-14-12(2)19-16(21-14)13-7-5-6-10-17-13/h5-7,10H,3-4,8-9,11H2,1-2H3,(H,18,20). The van der Waals surface area contributed by atoms with Crippen molar-refractivity contribution >= 4 is 17.2 Å². The lowest BCUT2D eigenvalue weighted by atomic mass is 10.2. The van der Waals surface area contributed by atoms with E-state index in [9.17, 15) is 4.79 Å². The van der Waals surface area contributed by atoms with Crippen LogP contribution in [0.25, 0.3) is 10.7 Å². The lowest BCUT2D eigenvalue weighted by Crippen LogP contribution is -2.25. The van der Waals surface area contributed by atoms with Gasteiger partial charge in [0.25, 0.3) is 0 Å². The van der Waals surface area contributed by atoms with Crippen molar-refractivity contribution in [3.05, 3.63) is 35.0 Å². The van der Waals surface area contributed by atoms with Gasteiger partial charge in [0.15, 0.2) is 0 Å². The van der Waals surface area contributed by atoms with Crippen LogP contribution in [-0.4, -0.2) is 22.4 Å². The van der Waals surface area contributed by atoms with E-state index in [1.54, 1.807) is 17.5 Å². The third-order valence-corrected chi connectivity index (χ3v) is 4.45. The van der Waals surface area contributed by atoms with E-state index >= 15 is 0 Å². The highest BCUT2D eigenvalue weighted by Crippen LogP contribution is 2.26. The van der Waals surface area contributed by atoms with E-state index in [-0.39, 0.29) is 5.91 Å². The first-order chi connectivity index (χ1) is 10.2. The molecule has 0 unspecified atom stereocenters. The second-order valence-corrected chi connectivity index (χ2v) is 6.03. The molecular formula is C16H21N3OS. The Morgan fingerprint density at radius 3 is 2.95 bits per heavy atom. The number of carbonyl (C=O) groups excluding carboxylic acids is 1. The van der Waals surface area contributed by atoms with Gasteiger partial charge in [-0.1, -0.05) is 19.4 Å². The predicted molar refractivity (Wildman–Crippen MR) is 86.3 cm³/mol. The van der Waals surface area contributed by atoms with Gasteiger partial charge in [0.2, 0.25) is 5.91 Å². The van der Waals surface area contributed by atoms with Crippen LogP contribution < -0.4 is 5.32 Å². The largest absolute Gasteiger partial charge is 0.356 e. The molecule has 0 aliphatic rings. The lowest BCUT2D eigenvalue weighted by molar-refractivity contribution is -0.121. The summed E-state index contributed by atoms with van der Waals surface area (Å²) >= 11 is 1.66. The summed E-state index contributed by atoms with van der Waals surface area (Å²) in [6, 6.07) is 5.83. The molecule has 0 radical (unpaired) electrons. The number of pyridine rings is 1. The van der Waals surface area contributed by atoms with Gasteiger partial charge in [0, 0.05) is 30.5 Å². The molecule has 2 heterocycles. The third kappa shape index (κ3) is 4.63. The summed E-state index contributed by atoms with van der Waals surface area (Å²) in [4.78, 5) is 21.7. The van der Waals surface area contributed by atoms with Crippen LogP contribution in [0.2, 0.25) is 0 Å². The van der Waals surface area contributed by atoms with Crippen LogP contribution in [0.15, 0.2) is 24.4 Å². The summed E-state index contributed by atoms with van der Waals surface area (Å²) in [5.41, 5.74) is 1.94. The molecular weight excluding hydrogens is 282 g/mol. The minimum Gasteiger partial charge on any atom is -0.356 e. The molecule has 1 amide bonds. The molecule has 112 valence electrons. The number of rotatable bonds is 7.